The molecule has 1 aromatic carbocycles. The fourth-order valence-electron chi connectivity index (χ4n) is 1.30. The molecule has 3 nitrogen and oxygen atoms in total. The largest absolute Gasteiger partial charge is 0.418 e. The third-order valence-electron chi connectivity index (χ3n) is 2.11. The van der Waals surface area contributed by atoms with Gasteiger partial charge < -0.3 is 5.73 Å². The minimum atomic E-state index is -4.45. The van der Waals surface area contributed by atoms with Gasteiger partial charge in [-0.3, -0.25) is 0 Å². The van der Waals surface area contributed by atoms with Crippen LogP contribution in [-0.4, -0.2) is 9.97 Å². The maximum atomic E-state index is 12.7. The van der Waals surface area contributed by atoms with Crippen LogP contribution < -0.4 is 5.73 Å². The molecule has 0 radical (unpaired) electrons. The SMILES string of the molecule is Nc1ccc(Sc2ccncn2)cc1C(F)(F)F. The van der Waals surface area contributed by atoms with E-state index in [0.717, 1.165) is 17.8 Å². The lowest BCUT2D eigenvalue weighted by molar-refractivity contribution is -0.137. The Morgan fingerprint density at radius 1 is 1.17 bits per heavy atom. The molecule has 0 atom stereocenters. The van der Waals surface area contributed by atoms with Crippen LogP contribution in [-0.2, 0) is 6.18 Å². The molecule has 0 fully saturated rings. The first-order valence-electron chi connectivity index (χ1n) is 4.87. The summed E-state index contributed by atoms with van der Waals surface area (Å²) in [5.41, 5.74) is 4.20. The highest BCUT2D eigenvalue weighted by molar-refractivity contribution is 7.99. The highest BCUT2D eigenvalue weighted by atomic mass is 32.2. The van der Waals surface area contributed by atoms with E-state index in [1.807, 2.05) is 0 Å². The number of benzene rings is 1. The van der Waals surface area contributed by atoms with Crippen molar-refractivity contribution in [3.63, 3.8) is 0 Å². The molecule has 0 unspecified atom stereocenters. The van der Waals surface area contributed by atoms with E-state index >= 15 is 0 Å². The standard InChI is InChI=1S/C11H8F3N3S/c12-11(13,14)8-5-7(1-2-9(8)15)18-10-3-4-16-6-17-10/h1-6H,15H2. The highest BCUT2D eigenvalue weighted by Gasteiger charge is 2.33. The summed E-state index contributed by atoms with van der Waals surface area (Å²) in [6, 6.07) is 5.40. The number of hydrogen-bond donors (Lipinski definition) is 1. The number of aromatic nitrogens is 2. The van der Waals surface area contributed by atoms with E-state index in [-0.39, 0.29) is 5.69 Å². The van der Waals surface area contributed by atoms with Crippen LogP contribution >= 0.6 is 11.8 Å². The second-order valence-corrected chi connectivity index (χ2v) is 4.49. The Kier molecular flexibility index (Phi) is 3.42. The summed E-state index contributed by atoms with van der Waals surface area (Å²) < 4.78 is 38.0. The maximum Gasteiger partial charge on any atom is 0.418 e. The molecule has 2 aromatic rings. The Labute approximate surface area is 105 Å². The molecular formula is C11H8F3N3S. The van der Waals surface area contributed by atoms with Gasteiger partial charge in [-0.05, 0) is 24.3 Å². The van der Waals surface area contributed by atoms with Gasteiger partial charge in [0.15, 0.2) is 0 Å². The summed E-state index contributed by atoms with van der Waals surface area (Å²) in [5.74, 6) is 0. The predicted octanol–water partition coefficient (Wildman–Crippen LogP) is 3.23. The van der Waals surface area contributed by atoms with Gasteiger partial charge in [0.2, 0.25) is 0 Å². The number of alkyl halides is 3. The van der Waals surface area contributed by atoms with E-state index < -0.39 is 11.7 Å². The Morgan fingerprint density at radius 3 is 2.56 bits per heavy atom. The van der Waals surface area contributed by atoms with Crippen LogP contribution in [0.2, 0.25) is 0 Å². The van der Waals surface area contributed by atoms with Crippen molar-refractivity contribution < 1.29 is 13.2 Å². The average Bonchev–Trinajstić information content (AvgIpc) is 2.31. The van der Waals surface area contributed by atoms with Crippen LogP contribution in [0.5, 0.6) is 0 Å². The molecule has 7 heteroatoms. The van der Waals surface area contributed by atoms with Gasteiger partial charge in [0.05, 0.1) is 5.56 Å². The van der Waals surface area contributed by atoms with Crippen molar-refractivity contribution in [2.24, 2.45) is 0 Å². The van der Waals surface area contributed by atoms with Crippen LogP contribution in [0.4, 0.5) is 18.9 Å². The molecule has 0 aliphatic rings. The van der Waals surface area contributed by atoms with Gasteiger partial charge in [-0.25, -0.2) is 9.97 Å². The van der Waals surface area contributed by atoms with E-state index in [0.29, 0.717) is 9.92 Å². The van der Waals surface area contributed by atoms with E-state index in [2.05, 4.69) is 9.97 Å². The van der Waals surface area contributed by atoms with E-state index in [9.17, 15) is 13.2 Å². The summed E-state index contributed by atoms with van der Waals surface area (Å²) in [4.78, 5) is 8.09. The topological polar surface area (TPSA) is 51.8 Å². The zero-order valence-electron chi connectivity index (χ0n) is 8.98. The monoisotopic (exact) mass is 271 g/mol. The number of anilines is 1. The molecule has 0 saturated carbocycles. The second-order valence-electron chi connectivity index (χ2n) is 3.40. The molecule has 2 N–H and O–H groups in total. The zero-order chi connectivity index (χ0) is 13.2. The number of nitrogens with zero attached hydrogens (tertiary/aromatic N) is 2. The molecule has 0 saturated heterocycles. The predicted molar refractivity (Wildman–Crippen MR) is 62.0 cm³/mol. The lowest BCUT2D eigenvalue weighted by atomic mass is 10.2. The average molecular weight is 271 g/mol. The van der Waals surface area contributed by atoms with Gasteiger partial charge in [-0.1, -0.05) is 11.8 Å². The van der Waals surface area contributed by atoms with Crippen LogP contribution in [0, 0.1) is 0 Å². The quantitative estimate of drug-likeness (QED) is 0.673. The number of hydrogen-bond acceptors (Lipinski definition) is 4. The summed E-state index contributed by atoms with van der Waals surface area (Å²) in [5, 5.41) is 0.572. The van der Waals surface area contributed by atoms with Crippen molar-refractivity contribution in [3.8, 4) is 0 Å². The summed E-state index contributed by atoms with van der Waals surface area (Å²) in [6.45, 7) is 0. The Hall–Kier alpha value is -1.76. The van der Waals surface area contributed by atoms with Crippen molar-refractivity contribution in [1.82, 2.24) is 9.97 Å². The van der Waals surface area contributed by atoms with Gasteiger partial charge in [-0.2, -0.15) is 13.2 Å². The molecular weight excluding hydrogens is 263 g/mol. The van der Waals surface area contributed by atoms with E-state index in [4.69, 9.17) is 5.73 Å². The third-order valence-corrected chi connectivity index (χ3v) is 3.05. The molecule has 0 bridgehead atoms. The number of halogens is 3. The van der Waals surface area contributed by atoms with Gasteiger partial charge in [-0.15, -0.1) is 0 Å². The normalized spacial score (nSPS) is 11.5. The van der Waals surface area contributed by atoms with Crippen LogP contribution in [0.1, 0.15) is 5.56 Å². The Balaban J connectivity index is 2.31. The smallest absolute Gasteiger partial charge is 0.398 e. The lowest BCUT2D eigenvalue weighted by Gasteiger charge is -2.11. The van der Waals surface area contributed by atoms with Crippen molar-refractivity contribution in [2.45, 2.75) is 16.1 Å². The summed E-state index contributed by atoms with van der Waals surface area (Å²) in [6.07, 6.45) is -1.59. The molecule has 18 heavy (non-hydrogen) atoms. The first-order valence-corrected chi connectivity index (χ1v) is 5.69. The number of rotatable bonds is 2. The molecule has 1 heterocycles. The molecule has 2 rings (SSSR count). The first kappa shape index (κ1) is 12.7. The molecule has 1 aromatic heterocycles. The third kappa shape index (κ3) is 2.92. The number of nitrogen functional groups attached to an aromatic ring is 1. The Bertz CT molecular complexity index is 543. The van der Waals surface area contributed by atoms with Gasteiger partial charge in [0.1, 0.15) is 11.4 Å². The van der Waals surface area contributed by atoms with Gasteiger partial charge in [0.25, 0.3) is 0 Å². The van der Waals surface area contributed by atoms with Crippen molar-refractivity contribution in [1.29, 1.82) is 0 Å². The zero-order valence-corrected chi connectivity index (χ0v) is 9.79. The maximum absolute atomic E-state index is 12.7. The summed E-state index contributed by atoms with van der Waals surface area (Å²) in [7, 11) is 0. The Morgan fingerprint density at radius 2 is 1.94 bits per heavy atom. The summed E-state index contributed by atoms with van der Waals surface area (Å²) >= 11 is 1.12. The first-order chi connectivity index (χ1) is 8.47. The van der Waals surface area contributed by atoms with Crippen LogP contribution in [0.15, 0.2) is 46.7 Å². The minimum absolute atomic E-state index is 0.283. The molecule has 0 aliphatic carbocycles. The van der Waals surface area contributed by atoms with Crippen molar-refractivity contribution >= 4 is 17.4 Å². The molecule has 0 amide bonds. The van der Waals surface area contributed by atoms with Crippen molar-refractivity contribution in [2.75, 3.05) is 5.73 Å². The van der Waals surface area contributed by atoms with E-state index in [1.165, 1.54) is 24.7 Å². The number of nitrogens with two attached hydrogens (primary N) is 1. The van der Waals surface area contributed by atoms with Gasteiger partial charge >= 0.3 is 6.18 Å². The fourth-order valence-corrected chi connectivity index (χ4v) is 2.09. The van der Waals surface area contributed by atoms with E-state index in [1.54, 1.807) is 6.07 Å². The molecule has 94 valence electrons. The van der Waals surface area contributed by atoms with Gasteiger partial charge in [0, 0.05) is 16.8 Å². The second kappa shape index (κ2) is 4.85. The highest BCUT2D eigenvalue weighted by Crippen LogP contribution is 2.37. The molecule has 0 spiro atoms. The van der Waals surface area contributed by atoms with Crippen LogP contribution in [0.3, 0.4) is 0 Å². The van der Waals surface area contributed by atoms with Crippen LogP contribution in [0.25, 0.3) is 0 Å². The lowest BCUT2D eigenvalue weighted by Crippen LogP contribution is -2.08. The minimum Gasteiger partial charge on any atom is -0.398 e. The molecule has 0 aliphatic heterocycles. The van der Waals surface area contributed by atoms with Crippen molar-refractivity contribution in [3.05, 3.63) is 42.4 Å². The fraction of sp³-hybridized carbons (Fsp3) is 0.0909.